The molecule has 1 heteroatoms. The molecule has 1 rings (SSSR count). The van der Waals surface area contributed by atoms with E-state index in [0.29, 0.717) is 6.10 Å². The quantitative estimate of drug-likeness (QED) is 0.459. The van der Waals surface area contributed by atoms with E-state index in [1.165, 1.54) is 44.1 Å². The monoisotopic (exact) mass is 196 g/mol. The van der Waals surface area contributed by atoms with E-state index in [-0.39, 0.29) is 0 Å². The Labute approximate surface area is 88.5 Å². The Bertz CT molecular complexity index is 172. The highest BCUT2D eigenvalue weighted by Crippen LogP contribution is 2.19. The third kappa shape index (κ3) is 4.80. The van der Waals surface area contributed by atoms with Crippen LogP contribution in [-0.2, 0) is 4.74 Å². The van der Waals surface area contributed by atoms with Gasteiger partial charge < -0.3 is 4.74 Å². The van der Waals surface area contributed by atoms with Crippen LogP contribution in [0.4, 0.5) is 0 Å². The molecule has 0 saturated carbocycles. The van der Waals surface area contributed by atoms with Gasteiger partial charge >= 0.3 is 0 Å². The number of hydrogen-bond donors (Lipinski definition) is 0. The van der Waals surface area contributed by atoms with Gasteiger partial charge in [-0.25, -0.2) is 0 Å². The van der Waals surface area contributed by atoms with Gasteiger partial charge in [-0.05, 0) is 19.8 Å². The lowest BCUT2D eigenvalue weighted by Crippen LogP contribution is -2.17. The standard InChI is InChI=1S/C13H24O/c1-3-4-5-6-7-8-13-11-12(2)9-10-14-13/h9,13H,3-8,10-11H2,1-2H3. The minimum Gasteiger partial charge on any atom is -0.374 e. The summed E-state index contributed by atoms with van der Waals surface area (Å²) < 4.78 is 5.68. The average molecular weight is 196 g/mol. The maximum absolute atomic E-state index is 5.68. The van der Waals surface area contributed by atoms with E-state index in [2.05, 4.69) is 19.9 Å². The maximum Gasteiger partial charge on any atom is 0.0653 e. The van der Waals surface area contributed by atoms with Gasteiger partial charge in [-0.15, -0.1) is 0 Å². The molecule has 0 fully saturated rings. The van der Waals surface area contributed by atoms with Crippen LogP contribution in [0.2, 0.25) is 0 Å². The van der Waals surface area contributed by atoms with Crippen LogP contribution in [0, 0.1) is 0 Å². The topological polar surface area (TPSA) is 9.23 Å². The molecule has 1 aliphatic rings. The summed E-state index contributed by atoms with van der Waals surface area (Å²) in [4.78, 5) is 0. The van der Waals surface area contributed by atoms with Crippen LogP contribution in [0.3, 0.4) is 0 Å². The van der Waals surface area contributed by atoms with E-state index in [9.17, 15) is 0 Å². The van der Waals surface area contributed by atoms with Gasteiger partial charge in [0.25, 0.3) is 0 Å². The van der Waals surface area contributed by atoms with Crippen molar-refractivity contribution in [3.05, 3.63) is 11.6 Å². The van der Waals surface area contributed by atoms with Crippen molar-refractivity contribution in [2.75, 3.05) is 6.61 Å². The molecular formula is C13H24O. The molecule has 14 heavy (non-hydrogen) atoms. The molecule has 0 aliphatic carbocycles. The van der Waals surface area contributed by atoms with Gasteiger partial charge in [0, 0.05) is 0 Å². The minimum absolute atomic E-state index is 0.515. The molecule has 0 radical (unpaired) electrons. The van der Waals surface area contributed by atoms with Gasteiger partial charge in [0.15, 0.2) is 0 Å². The Balaban J connectivity index is 1.99. The second-order valence-corrected chi connectivity index (χ2v) is 4.41. The molecule has 0 saturated heterocycles. The van der Waals surface area contributed by atoms with E-state index < -0.39 is 0 Å². The van der Waals surface area contributed by atoms with Crippen molar-refractivity contribution < 1.29 is 4.74 Å². The third-order valence-electron chi connectivity index (χ3n) is 2.94. The summed E-state index contributed by atoms with van der Waals surface area (Å²) in [6, 6.07) is 0. The fourth-order valence-electron chi connectivity index (χ4n) is 1.99. The smallest absolute Gasteiger partial charge is 0.0653 e. The highest BCUT2D eigenvalue weighted by molar-refractivity contribution is 5.02. The fraction of sp³-hybridized carbons (Fsp3) is 0.846. The summed E-state index contributed by atoms with van der Waals surface area (Å²) in [6.07, 6.45) is 12.0. The summed E-state index contributed by atoms with van der Waals surface area (Å²) in [6.45, 7) is 5.32. The number of ether oxygens (including phenoxy) is 1. The SMILES string of the molecule is CCCCCCCC1CC(C)=CCO1. The van der Waals surface area contributed by atoms with Crippen LogP contribution in [0.5, 0.6) is 0 Å². The lowest BCUT2D eigenvalue weighted by atomic mass is 10.0. The lowest BCUT2D eigenvalue weighted by Gasteiger charge is -2.21. The van der Waals surface area contributed by atoms with Crippen molar-refractivity contribution in [2.45, 2.75) is 64.9 Å². The Kier molecular flexibility index (Phi) is 5.93. The van der Waals surface area contributed by atoms with Crippen molar-refractivity contribution in [1.82, 2.24) is 0 Å². The first-order valence-corrected chi connectivity index (χ1v) is 6.10. The summed E-state index contributed by atoms with van der Waals surface area (Å²) in [5.41, 5.74) is 1.51. The van der Waals surface area contributed by atoms with Crippen molar-refractivity contribution in [1.29, 1.82) is 0 Å². The van der Waals surface area contributed by atoms with Crippen LogP contribution in [0.25, 0.3) is 0 Å². The molecule has 0 N–H and O–H groups in total. The zero-order valence-corrected chi connectivity index (χ0v) is 9.72. The molecule has 1 heterocycles. The Hall–Kier alpha value is -0.300. The summed E-state index contributed by atoms with van der Waals surface area (Å²) in [5, 5.41) is 0. The molecule has 0 spiro atoms. The normalized spacial score (nSPS) is 22.1. The Morgan fingerprint density at radius 2 is 2.07 bits per heavy atom. The van der Waals surface area contributed by atoms with Gasteiger partial charge in [-0.3, -0.25) is 0 Å². The highest BCUT2D eigenvalue weighted by atomic mass is 16.5. The van der Waals surface area contributed by atoms with Crippen LogP contribution in [0.15, 0.2) is 11.6 Å². The van der Waals surface area contributed by atoms with Gasteiger partial charge in [0.05, 0.1) is 12.7 Å². The molecule has 1 nitrogen and oxygen atoms in total. The van der Waals surface area contributed by atoms with Crippen LogP contribution in [0.1, 0.15) is 58.8 Å². The van der Waals surface area contributed by atoms with Crippen LogP contribution in [-0.4, -0.2) is 12.7 Å². The summed E-state index contributed by atoms with van der Waals surface area (Å²) in [7, 11) is 0. The van der Waals surface area contributed by atoms with E-state index in [1.807, 2.05) is 0 Å². The van der Waals surface area contributed by atoms with E-state index >= 15 is 0 Å². The van der Waals surface area contributed by atoms with E-state index in [4.69, 9.17) is 4.74 Å². The molecule has 82 valence electrons. The minimum atomic E-state index is 0.515. The number of rotatable bonds is 6. The molecule has 1 atom stereocenters. The molecule has 1 unspecified atom stereocenters. The van der Waals surface area contributed by atoms with Crippen molar-refractivity contribution in [3.63, 3.8) is 0 Å². The maximum atomic E-state index is 5.68. The molecule has 0 amide bonds. The highest BCUT2D eigenvalue weighted by Gasteiger charge is 2.12. The summed E-state index contributed by atoms with van der Waals surface area (Å²) >= 11 is 0. The van der Waals surface area contributed by atoms with E-state index in [1.54, 1.807) is 0 Å². The molecule has 0 aromatic rings. The molecule has 0 bridgehead atoms. The average Bonchev–Trinajstić information content (AvgIpc) is 2.18. The second kappa shape index (κ2) is 7.05. The first-order valence-electron chi connectivity index (χ1n) is 6.10. The first-order chi connectivity index (χ1) is 6.83. The Morgan fingerprint density at radius 1 is 1.29 bits per heavy atom. The number of unbranched alkanes of at least 4 members (excludes halogenated alkanes) is 4. The number of hydrogen-bond acceptors (Lipinski definition) is 1. The first kappa shape index (κ1) is 11.8. The van der Waals surface area contributed by atoms with Gasteiger partial charge in [-0.2, -0.15) is 0 Å². The predicted molar refractivity (Wildman–Crippen MR) is 61.5 cm³/mol. The fourth-order valence-corrected chi connectivity index (χ4v) is 1.99. The molecule has 1 aliphatic heterocycles. The Morgan fingerprint density at radius 3 is 2.79 bits per heavy atom. The summed E-state index contributed by atoms with van der Waals surface area (Å²) in [5.74, 6) is 0. The van der Waals surface area contributed by atoms with Gasteiger partial charge in [0.2, 0.25) is 0 Å². The van der Waals surface area contributed by atoms with Crippen LogP contribution >= 0.6 is 0 Å². The lowest BCUT2D eigenvalue weighted by molar-refractivity contribution is 0.0563. The van der Waals surface area contributed by atoms with E-state index in [0.717, 1.165) is 13.0 Å². The molecule has 0 aromatic carbocycles. The largest absolute Gasteiger partial charge is 0.374 e. The van der Waals surface area contributed by atoms with Crippen molar-refractivity contribution in [3.8, 4) is 0 Å². The zero-order chi connectivity index (χ0) is 10.2. The zero-order valence-electron chi connectivity index (χ0n) is 9.72. The van der Waals surface area contributed by atoms with Crippen molar-refractivity contribution in [2.24, 2.45) is 0 Å². The molecule has 0 aromatic heterocycles. The van der Waals surface area contributed by atoms with Gasteiger partial charge in [-0.1, -0.05) is 50.7 Å². The van der Waals surface area contributed by atoms with Crippen LogP contribution < -0.4 is 0 Å². The second-order valence-electron chi connectivity index (χ2n) is 4.41. The molecular weight excluding hydrogens is 172 g/mol. The van der Waals surface area contributed by atoms with Crippen molar-refractivity contribution >= 4 is 0 Å². The predicted octanol–water partition coefficient (Wildman–Crippen LogP) is 4.08. The van der Waals surface area contributed by atoms with Gasteiger partial charge in [0.1, 0.15) is 0 Å². The third-order valence-corrected chi connectivity index (χ3v) is 2.94.